The minimum atomic E-state index is -0.864. The molecule has 0 saturated heterocycles. The molecule has 3 aromatic carbocycles. The molecule has 0 aliphatic heterocycles. The van der Waals surface area contributed by atoms with E-state index in [1.54, 1.807) is 6.07 Å². The average molecular weight is 479 g/mol. The first-order valence-electron chi connectivity index (χ1n) is 10.7. The van der Waals surface area contributed by atoms with Crippen molar-refractivity contribution < 1.29 is 9.90 Å². The first-order chi connectivity index (χ1) is 15.8. The molecule has 1 heterocycles. The second-order valence-electron chi connectivity index (χ2n) is 8.30. The fraction of sp³-hybridized carbons (Fsp3) is 0.185. The molecule has 0 bridgehead atoms. The van der Waals surface area contributed by atoms with E-state index < -0.39 is 11.9 Å². The predicted octanol–water partition coefficient (Wildman–Crippen LogP) is 6.93. The molecular formula is C27H24Cl2N2O2. The Balaban J connectivity index is 1.72. The minimum Gasteiger partial charge on any atom is -0.481 e. The Bertz CT molecular complexity index is 1300. The lowest BCUT2D eigenvalue weighted by Gasteiger charge is -2.12. The third-order valence-electron chi connectivity index (χ3n) is 5.65. The second-order valence-corrected chi connectivity index (χ2v) is 9.12. The van der Waals surface area contributed by atoms with Gasteiger partial charge in [-0.15, -0.1) is 0 Å². The summed E-state index contributed by atoms with van der Waals surface area (Å²) >= 11 is 12.3. The first-order valence-corrected chi connectivity index (χ1v) is 11.4. The molecular weight excluding hydrogens is 455 g/mol. The van der Waals surface area contributed by atoms with Crippen LogP contribution in [0, 0.1) is 13.8 Å². The van der Waals surface area contributed by atoms with Crippen LogP contribution >= 0.6 is 23.2 Å². The molecule has 0 aliphatic carbocycles. The summed E-state index contributed by atoms with van der Waals surface area (Å²) in [6.45, 7) is 4.49. The Kier molecular flexibility index (Phi) is 6.87. The molecule has 4 aromatic rings. The van der Waals surface area contributed by atoms with Gasteiger partial charge in [-0.05, 0) is 48.7 Å². The van der Waals surface area contributed by atoms with Gasteiger partial charge in [-0.3, -0.25) is 9.48 Å². The number of rotatable bonds is 7. The van der Waals surface area contributed by atoms with Crippen molar-refractivity contribution in [2.45, 2.75) is 32.7 Å². The number of halogens is 2. The van der Waals surface area contributed by atoms with Gasteiger partial charge in [0.2, 0.25) is 0 Å². The molecule has 0 fully saturated rings. The van der Waals surface area contributed by atoms with Crippen LogP contribution in [0.25, 0.3) is 11.3 Å². The highest BCUT2D eigenvalue weighted by atomic mass is 35.5. The summed E-state index contributed by atoms with van der Waals surface area (Å²) < 4.78 is 1.90. The maximum Gasteiger partial charge on any atom is 0.311 e. The van der Waals surface area contributed by atoms with Crippen LogP contribution in [0.1, 0.15) is 33.9 Å². The number of carboxylic acids is 1. The number of hydrogen-bond acceptors (Lipinski definition) is 2. The van der Waals surface area contributed by atoms with Crippen molar-refractivity contribution in [1.29, 1.82) is 0 Å². The zero-order valence-corrected chi connectivity index (χ0v) is 19.9. The fourth-order valence-corrected chi connectivity index (χ4v) is 4.22. The van der Waals surface area contributed by atoms with Crippen molar-refractivity contribution in [1.82, 2.24) is 9.78 Å². The second kappa shape index (κ2) is 9.82. The van der Waals surface area contributed by atoms with E-state index >= 15 is 0 Å². The average Bonchev–Trinajstić information content (AvgIpc) is 3.17. The summed E-state index contributed by atoms with van der Waals surface area (Å²) in [5.41, 5.74) is 6.59. The first kappa shape index (κ1) is 23.1. The van der Waals surface area contributed by atoms with Crippen LogP contribution in [0.2, 0.25) is 10.0 Å². The number of aliphatic carboxylic acids is 1. The third kappa shape index (κ3) is 5.47. The third-order valence-corrected chi connectivity index (χ3v) is 6.39. The van der Waals surface area contributed by atoms with Crippen molar-refractivity contribution >= 4 is 29.2 Å². The molecule has 1 unspecified atom stereocenters. The number of carboxylic acid groups (broad SMARTS) is 1. The quantitative estimate of drug-likeness (QED) is 0.313. The largest absolute Gasteiger partial charge is 0.481 e. The molecule has 0 aliphatic rings. The van der Waals surface area contributed by atoms with E-state index in [0.29, 0.717) is 23.0 Å². The Morgan fingerprint density at radius 2 is 1.70 bits per heavy atom. The van der Waals surface area contributed by atoms with Crippen molar-refractivity contribution in [2.75, 3.05) is 0 Å². The number of benzene rings is 3. The smallest absolute Gasteiger partial charge is 0.311 e. The van der Waals surface area contributed by atoms with E-state index in [2.05, 4.69) is 24.3 Å². The van der Waals surface area contributed by atoms with Crippen molar-refractivity contribution in [3.63, 3.8) is 0 Å². The molecule has 0 spiro atoms. The lowest BCUT2D eigenvalue weighted by molar-refractivity contribution is -0.138. The summed E-state index contributed by atoms with van der Waals surface area (Å²) in [5, 5.41) is 15.7. The zero-order valence-electron chi connectivity index (χ0n) is 18.4. The lowest BCUT2D eigenvalue weighted by atomic mass is 9.93. The van der Waals surface area contributed by atoms with Crippen LogP contribution in [-0.4, -0.2) is 20.9 Å². The van der Waals surface area contributed by atoms with E-state index in [0.717, 1.165) is 33.6 Å². The normalized spacial score (nSPS) is 12.0. The van der Waals surface area contributed by atoms with Crippen LogP contribution in [0.15, 0.2) is 72.8 Å². The topological polar surface area (TPSA) is 55.1 Å². The van der Waals surface area contributed by atoms with Gasteiger partial charge in [0.25, 0.3) is 0 Å². The van der Waals surface area contributed by atoms with Gasteiger partial charge < -0.3 is 5.11 Å². The summed E-state index contributed by atoms with van der Waals surface area (Å²) in [4.78, 5) is 12.1. The number of aromatic nitrogens is 2. The maximum absolute atomic E-state index is 12.1. The number of aryl methyl sites for hydroxylation is 2. The van der Waals surface area contributed by atoms with Gasteiger partial charge >= 0.3 is 5.97 Å². The molecule has 0 saturated carbocycles. The highest BCUT2D eigenvalue weighted by molar-refractivity contribution is 6.42. The molecule has 1 N–H and O–H groups in total. The van der Waals surface area contributed by atoms with E-state index in [9.17, 15) is 9.90 Å². The Morgan fingerprint density at radius 1 is 0.939 bits per heavy atom. The van der Waals surface area contributed by atoms with Gasteiger partial charge in [-0.25, -0.2) is 0 Å². The van der Waals surface area contributed by atoms with Crippen LogP contribution in [0.4, 0.5) is 0 Å². The monoisotopic (exact) mass is 478 g/mol. The van der Waals surface area contributed by atoms with Gasteiger partial charge in [0.1, 0.15) is 0 Å². The van der Waals surface area contributed by atoms with Crippen LogP contribution in [0.3, 0.4) is 0 Å². The fourth-order valence-electron chi connectivity index (χ4n) is 3.90. The zero-order chi connectivity index (χ0) is 23.5. The lowest BCUT2D eigenvalue weighted by Crippen LogP contribution is -2.15. The Morgan fingerprint density at radius 3 is 2.36 bits per heavy atom. The SMILES string of the molecule is Cc1ccc(-c2cc(CC(C(=O)O)c3cccc(C)c3)nn2Cc2ccc(Cl)c(Cl)c2)cc1. The van der Waals surface area contributed by atoms with E-state index in [4.69, 9.17) is 28.3 Å². The number of carbonyl (C=O) groups is 1. The van der Waals surface area contributed by atoms with Gasteiger partial charge in [-0.2, -0.15) is 5.10 Å². The number of hydrogen-bond donors (Lipinski definition) is 1. The molecule has 33 heavy (non-hydrogen) atoms. The number of nitrogens with zero attached hydrogens (tertiary/aromatic N) is 2. The van der Waals surface area contributed by atoms with Gasteiger partial charge in [0.15, 0.2) is 0 Å². The molecule has 1 atom stereocenters. The minimum absolute atomic E-state index is 0.298. The van der Waals surface area contributed by atoms with Crippen molar-refractivity contribution in [3.05, 3.63) is 111 Å². The Hall–Kier alpha value is -3.08. The summed E-state index contributed by atoms with van der Waals surface area (Å²) in [7, 11) is 0. The van der Waals surface area contributed by atoms with E-state index in [1.165, 1.54) is 5.56 Å². The van der Waals surface area contributed by atoms with Gasteiger partial charge in [0, 0.05) is 6.42 Å². The molecule has 6 heteroatoms. The summed E-state index contributed by atoms with van der Waals surface area (Å²) in [6.07, 6.45) is 0.298. The summed E-state index contributed by atoms with van der Waals surface area (Å²) in [5.74, 6) is -1.54. The standard InChI is InChI=1S/C27H24Cl2N2O2/c1-17-6-9-20(10-7-17)26-15-22(14-23(27(32)33)21-5-3-4-18(2)12-21)30-31(26)16-19-8-11-24(28)25(29)13-19/h3-13,15,23H,14,16H2,1-2H3,(H,32,33). The summed E-state index contributed by atoms with van der Waals surface area (Å²) in [6, 6.07) is 23.3. The van der Waals surface area contributed by atoms with Crippen LogP contribution in [0.5, 0.6) is 0 Å². The van der Waals surface area contributed by atoms with Gasteiger partial charge in [0.05, 0.1) is 33.9 Å². The van der Waals surface area contributed by atoms with Crippen molar-refractivity contribution in [3.8, 4) is 11.3 Å². The van der Waals surface area contributed by atoms with Gasteiger partial charge in [-0.1, -0.05) is 88.9 Å². The predicted molar refractivity (Wildman–Crippen MR) is 133 cm³/mol. The highest BCUT2D eigenvalue weighted by Gasteiger charge is 2.23. The van der Waals surface area contributed by atoms with Crippen molar-refractivity contribution in [2.24, 2.45) is 0 Å². The maximum atomic E-state index is 12.1. The molecule has 0 radical (unpaired) electrons. The molecule has 4 nitrogen and oxygen atoms in total. The van der Waals surface area contributed by atoms with E-state index in [-0.39, 0.29) is 0 Å². The molecule has 4 rings (SSSR count). The van der Waals surface area contributed by atoms with Crippen LogP contribution in [-0.2, 0) is 17.8 Å². The highest BCUT2D eigenvalue weighted by Crippen LogP contribution is 2.28. The molecule has 1 aromatic heterocycles. The molecule has 168 valence electrons. The molecule has 0 amide bonds. The van der Waals surface area contributed by atoms with E-state index in [1.807, 2.05) is 61.0 Å². The Labute approximate surface area is 203 Å². The van der Waals surface area contributed by atoms with Crippen LogP contribution < -0.4 is 0 Å².